The lowest BCUT2D eigenvalue weighted by Crippen LogP contribution is -2.52. The third-order valence-electron chi connectivity index (χ3n) is 5.20. The van der Waals surface area contributed by atoms with Gasteiger partial charge in [-0.1, -0.05) is 51.5 Å². The molecule has 156 valence electrons. The van der Waals surface area contributed by atoms with Crippen LogP contribution in [0.25, 0.3) is 0 Å². The van der Waals surface area contributed by atoms with Gasteiger partial charge in [-0.25, -0.2) is 0 Å². The highest BCUT2D eigenvalue weighted by molar-refractivity contribution is 6.79. The molecule has 2 atom stereocenters. The Balaban J connectivity index is 2.16. The van der Waals surface area contributed by atoms with Crippen LogP contribution in [-0.2, 0) is 22.7 Å². The van der Waals surface area contributed by atoms with Crippen LogP contribution in [0, 0.1) is 5.41 Å². The summed E-state index contributed by atoms with van der Waals surface area (Å²) in [6, 6.07) is 5.55. The van der Waals surface area contributed by atoms with Gasteiger partial charge in [0, 0.05) is 24.3 Å². The molecule has 2 amide bonds. The summed E-state index contributed by atoms with van der Waals surface area (Å²) in [7, 11) is -1.74. The van der Waals surface area contributed by atoms with Gasteiger partial charge in [-0.15, -0.1) is 0 Å². The first-order valence-corrected chi connectivity index (χ1v) is 13.4. The van der Waals surface area contributed by atoms with Crippen LogP contribution in [0.2, 0.25) is 24.2 Å². The molecule has 6 nitrogen and oxygen atoms in total. The maximum Gasteiger partial charge on any atom is 0.252 e. The molecule has 8 heteroatoms. The predicted molar refractivity (Wildman–Crippen MR) is 114 cm³/mol. The monoisotopic (exact) mass is 425 g/mol. The molecular formula is C20H32ClN3O3Si. The largest absolute Gasteiger partial charge is 0.383 e. The molecule has 1 saturated heterocycles. The summed E-state index contributed by atoms with van der Waals surface area (Å²) in [6.45, 7) is 10.4. The van der Waals surface area contributed by atoms with E-state index in [1.807, 2.05) is 26.8 Å². The molecule has 1 fully saturated rings. The highest BCUT2D eigenvalue weighted by Crippen LogP contribution is 2.30. The molecule has 1 heterocycles. The third-order valence-corrected chi connectivity index (χ3v) is 8.13. The van der Waals surface area contributed by atoms with Gasteiger partial charge in [0.1, 0.15) is 12.1 Å². The Labute approximate surface area is 173 Å². The van der Waals surface area contributed by atoms with Crippen molar-refractivity contribution in [3.8, 4) is 0 Å². The molecule has 2 rings (SSSR count). The van der Waals surface area contributed by atoms with E-state index in [0.29, 0.717) is 30.3 Å². The number of rotatable bonds is 5. The quantitative estimate of drug-likeness (QED) is 0.630. The minimum Gasteiger partial charge on any atom is -0.383 e. The number of amides is 2. The number of hydrogen-bond acceptors (Lipinski definition) is 4. The molecule has 0 saturated carbocycles. The summed E-state index contributed by atoms with van der Waals surface area (Å²) in [5, 5.41) is 14.0. The van der Waals surface area contributed by atoms with Crippen molar-refractivity contribution in [1.82, 2.24) is 10.2 Å². The van der Waals surface area contributed by atoms with Crippen molar-refractivity contribution in [1.29, 1.82) is 0 Å². The Morgan fingerprint density at radius 1 is 1.36 bits per heavy atom. The minimum atomic E-state index is -1.74. The Morgan fingerprint density at radius 3 is 2.57 bits per heavy atom. The second-order valence-corrected chi connectivity index (χ2v) is 14.9. The van der Waals surface area contributed by atoms with Gasteiger partial charge in [-0.3, -0.25) is 9.59 Å². The fourth-order valence-electron chi connectivity index (χ4n) is 3.52. The topological polar surface area (TPSA) is 95.7 Å². The van der Waals surface area contributed by atoms with Crippen LogP contribution >= 0.6 is 11.6 Å². The van der Waals surface area contributed by atoms with E-state index in [2.05, 4.69) is 18.4 Å². The Hall–Kier alpha value is -1.41. The van der Waals surface area contributed by atoms with Gasteiger partial charge in [-0.2, -0.15) is 0 Å². The number of hydrogen-bond donors (Lipinski definition) is 3. The lowest BCUT2D eigenvalue weighted by atomic mass is 9.88. The minimum absolute atomic E-state index is 0.199. The van der Waals surface area contributed by atoms with Gasteiger partial charge >= 0.3 is 0 Å². The molecule has 0 aromatic heterocycles. The molecule has 1 aromatic rings. The molecule has 0 radical (unpaired) electrons. The van der Waals surface area contributed by atoms with Gasteiger partial charge in [0.15, 0.2) is 0 Å². The molecule has 1 aliphatic heterocycles. The number of halogens is 1. The lowest BCUT2D eigenvalue weighted by molar-refractivity contribution is -0.149. The summed E-state index contributed by atoms with van der Waals surface area (Å²) in [6.07, 6.45) is -0.565. The summed E-state index contributed by atoms with van der Waals surface area (Å²) in [5.41, 5.74) is 6.97. The fourth-order valence-corrected chi connectivity index (χ4v) is 6.60. The van der Waals surface area contributed by atoms with Crippen LogP contribution < -0.4 is 11.1 Å². The van der Waals surface area contributed by atoms with Crippen LogP contribution in [-0.4, -0.2) is 48.2 Å². The van der Waals surface area contributed by atoms with Crippen molar-refractivity contribution in [2.45, 2.75) is 65.1 Å². The van der Waals surface area contributed by atoms with E-state index >= 15 is 0 Å². The van der Waals surface area contributed by atoms with E-state index in [9.17, 15) is 14.7 Å². The SMILES string of the molecule is CC(C)(C)[C@@H](O)C(=O)N1C[Si](C)(C)C[C@H]1C(=O)NCc1cc(Cl)ccc1CN. The number of aliphatic hydroxyl groups excluding tert-OH is 1. The third kappa shape index (κ3) is 5.35. The van der Waals surface area contributed by atoms with Crippen LogP contribution in [0.4, 0.5) is 0 Å². The summed E-state index contributed by atoms with van der Waals surface area (Å²) in [5.74, 6) is -0.563. The van der Waals surface area contributed by atoms with Gasteiger partial charge < -0.3 is 21.1 Å². The molecule has 28 heavy (non-hydrogen) atoms. The molecule has 1 aliphatic rings. The number of nitrogens with one attached hydrogen (secondary N) is 1. The van der Waals surface area contributed by atoms with E-state index in [4.69, 9.17) is 17.3 Å². The van der Waals surface area contributed by atoms with E-state index in [0.717, 1.165) is 11.1 Å². The van der Waals surface area contributed by atoms with E-state index in [1.165, 1.54) is 0 Å². The molecule has 0 bridgehead atoms. The van der Waals surface area contributed by atoms with Crippen LogP contribution in [0.5, 0.6) is 0 Å². The van der Waals surface area contributed by atoms with E-state index in [1.54, 1.807) is 17.0 Å². The first kappa shape index (κ1) is 22.9. The molecule has 0 aliphatic carbocycles. The summed E-state index contributed by atoms with van der Waals surface area (Å²) >= 11 is 6.07. The zero-order chi connectivity index (χ0) is 21.3. The lowest BCUT2D eigenvalue weighted by Gasteiger charge is -2.32. The first-order chi connectivity index (χ1) is 12.9. The van der Waals surface area contributed by atoms with Crippen molar-refractivity contribution >= 4 is 31.5 Å². The highest BCUT2D eigenvalue weighted by Gasteiger charge is 2.47. The Bertz CT molecular complexity index is 749. The number of benzene rings is 1. The number of aliphatic hydroxyl groups is 1. The zero-order valence-corrected chi connectivity index (χ0v) is 19.1. The van der Waals surface area contributed by atoms with E-state index < -0.39 is 25.6 Å². The molecule has 0 spiro atoms. The standard InChI is InChI=1S/C20H32ClN3O3Si/c1-20(2,3)17(25)19(27)24-12-28(4,5)11-16(24)18(26)23-10-14-8-15(21)7-6-13(14)9-22/h6-8,16-17,25H,9-12,22H2,1-5H3,(H,23,26)/t16-,17-/m0/s1. The van der Waals surface area contributed by atoms with Crippen molar-refractivity contribution in [2.75, 3.05) is 6.17 Å². The Morgan fingerprint density at radius 2 is 2.00 bits per heavy atom. The number of carbonyl (C=O) groups excluding carboxylic acids is 2. The van der Waals surface area contributed by atoms with Gasteiger partial charge in [0.2, 0.25) is 5.91 Å². The summed E-state index contributed by atoms with van der Waals surface area (Å²) in [4.78, 5) is 27.4. The van der Waals surface area contributed by atoms with Crippen molar-refractivity contribution in [2.24, 2.45) is 11.1 Å². The maximum absolute atomic E-state index is 12.9. The molecule has 4 N–H and O–H groups in total. The van der Waals surface area contributed by atoms with Gasteiger partial charge in [0.25, 0.3) is 5.91 Å². The van der Waals surface area contributed by atoms with Crippen LogP contribution in [0.15, 0.2) is 18.2 Å². The molecule has 0 unspecified atom stereocenters. The molecular weight excluding hydrogens is 394 g/mol. The second kappa shape index (κ2) is 8.53. The van der Waals surface area contributed by atoms with Crippen molar-refractivity contribution < 1.29 is 14.7 Å². The van der Waals surface area contributed by atoms with Crippen molar-refractivity contribution in [3.05, 3.63) is 34.3 Å². The fraction of sp³-hybridized carbons (Fsp3) is 0.600. The van der Waals surface area contributed by atoms with Crippen LogP contribution in [0.3, 0.4) is 0 Å². The second-order valence-electron chi connectivity index (χ2n) is 9.45. The average Bonchev–Trinajstić information content (AvgIpc) is 2.93. The van der Waals surface area contributed by atoms with Gasteiger partial charge in [-0.05, 0) is 34.7 Å². The number of carbonyl (C=O) groups is 2. The number of nitrogens with zero attached hydrogens (tertiary/aromatic N) is 1. The highest BCUT2D eigenvalue weighted by atomic mass is 35.5. The molecule has 1 aromatic carbocycles. The van der Waals surface area contributed by atoms with Crippen LogP contribution in [0.1, 0.15) is 31.9 Å². The normalized spacial score (nSPS) is 20.1. The maximum atomic E-state index is 12.9. The Kier molecular flexibility index (Phi) is 6.97. The average molecular weight is 426 g/mol. The first-order valence-electron chi connectivity index (χ1n) is 9.59. The van der Waals surface area contributed by atoms with E-state index in [-0.39, 0.29) is 11.8 Å². The smallest absolute Gasteiger partial charge is 0.252 e. The predicted octanol–water partition coefficient (Wildman–Crippen LogP) is 2.28. The van der Waals surface area contributed by atoms with Crippen molar-refractivity contribution in [3.63, 3.8) is 0 Å². The zero-order valence-electron chi connectivity index (χ0n) is 17.4. The number of nitrogens with two attached hydrogens (primary N) is 1. The summed E-state index contributed by atoms with van der Waals surface area (Å²) < 4.78 is 0. The van der Waals surface area contributed by atoms with Gasteiger partial charge in [0.05, 0.1) is 8.07 Å².